The van der Waals surface area contributed by atoms with Gasteiger partial charge in [-0.15, -0.1) is 0 Å². The van der Waals surface area contributed by atoms with Gasteiger partial charge >= 0.3 is 0 Å². The summed E-state index contributed by atoms with van der Waals surface area (Å²) in [6.07, 6.45) is 1.45. The van der Waals surface area contributed by atoms with Gasteiger partial charge in [-0.1, -0.05) is 30.3 Å². The summed E-state index contributed by atoms with van der Waals surface area (Å²) >= 11 is 0. The number of ether oxygens (including phenoxy) is 1. The second-order valence-corrected chi connectivity index (χ2v) is 7.28. The molecule has 4 aromatic rings. The highest BCUT2D eigenvalue weighted by molar-refractivity contribution is 5.91. The summed E-state index contributed by atoms with van der Waals surface area (Å²) < 4.78 is 6.97. The van der Waals surface area contributed by atoms with Gasteiger partial charge in [0.1, 0.15) is 18.0 Å². The standard InChI is InChI=1S/C25H22N4O4/c30-23(28-18-10-12-20(13-11-18)33-19-6-2-1-3-7-19)14-15-26-24(31)16-29-17-27-22-9-5-4-8-21(22)25(29)32/h1-13,17H,14-16H2,(H,26,31)(H,28,30). The highest BCUT2D eigenvalue weighted by Crippen LogP contribution is 2.22. The lowest BCUT2D eigenvalue weighted by Crippen LogP contribution is -2.34. The van der Waals surface area contributed by atoms with Crippen molar-refractivity contribution in [2.45, 2.75) is 13.0 Å². The quantitative estimate of drug-likeness (QED) is 0.436. The van der Waals surface area contributed by atoms with Gasteiger partial charge in [0.15, 0.2) is 0 Å². The molecule has 2 amide bonds. The number of para-hydroxylation sites is 2. The predicted octanol–water partition coefficient (Wildman–Crippen LogP) is 3.33. The number of benzene rings is 3. The molecule has 8 nitrogen and oxygen atoms in total. The van der Waals surface area contributed by atoms with Crippen LogP contribution in [0.4, 0.5) is 5.69 Å². The Labute approximate surface area is 189 Å². The van der Waals surface area contributed by atoms with Crippen LogP contribution in [0.1, 0.15) is 6.42 Å². The smallest absolute Gasteiger partial charge is 0.261 e. The second-order valence-electron chi connectivity index (χ2n) is 7.28. The summed E-state index contributed by atoms with van der Waals surface area (Å²) in [4.78, 5) is 41.0. The number of nitrogens with zero attached hydrogens (tertiary/aromatic N) is 2. The van der Waals surface area contributed by atoms with Crippen LogP contribution in [0, 0.1) is 0 Å². The van der Waals surface area contributed by atoms with Crippen LogP contribution in [0.15, 0.2) is 90.0 Å². The van der Waals surface area contributed by atoms with Crippen molar-refractivity contribution in [3.63, 3.8) is 0 Å². The van der Waals surface area contributed by atoms with Gasteiger partial charge in [-0.3, -0.25) is 19.0 Å². The molecule has 0 aliphatic heterocycles. The Hall–Kier alpha value is -4.46. The molecule has 33 heavy (non-hydrogen) atoms. The van der Waals surface area contributed by atoms with Crippen molar-refractivity contribution in [2.24, 2.45) is 0 Å². The Balaban J connectivity index is 1.23. The van der Waals surface area contributed by atoms with Crippen molar-refractivity contribution in [1.29, 1.82) is 0 Å². The number of hydrogen-bond acceptors (Lipinski definition) is 5. The van der Waals surface area contributed by atoms with Crippen molar-refractivity contribution < 1.29 is 14.3 Å². The first kappa shape index (κ1) is 21.8. The monoisotopic (exact) mass is 442 g/mol. The van der Waals surface area contributed by atoms with Crippen LogP contribution in [-0.4, -0.2) is 27.9 Å². The van der Waals surface area contributed by atoms with Crippen LogP contribution in [0.25, 0.3) is 10.9 Å². The van der Waals surface area contributed by atoms with Crippen LogP contribution in [0.2, 0.25) is 0 Å². The van der Waals surface area contributed by atoms with Gasteiger partial charge in [0.05, 0.1) is 17.2 Å². The van der Waals surface area contributed by atoms with E-state index in [-0.39, 0.29) is 36.9 Å². The first-order valence-corrected chi connectivity index (χ1v) is 10.4. The van der Waals surface area contributed by atoms with E-state index in [1.165, 1.54) is 10.9 Å². The van der Waals surface area contributed by atoms with Gasteiger partial charge in [-0.2, -0.15) is 0 Å². The second kappa shape index (κ2) is 10.2. The lowest BCUT2D eigenvalue weighted by atomic mass is 10.2. The van der Waals surface area contributed by atoms with Gasteiger partial charge in [0.2, 0.25) is 11.8 Å². The van der Waals surface area contributed by atoms with Crippen LogP contribution < -0.4 is 20.9 Å². The molecule has 0 unspecified atom stereocenters. The highest BCUT2D eigenvalue weighted by atomic mass is 16.5. The minimum Gasteiger partial charge on any atom is -0.457 e. The number of carbonyl (C=O) groups is 2. The molecule has 1 aromatic heterocycles. The number of nitrogens with one attached hydrogen (secondary N) is 2. The van der Waals surface area contributed by atoms with E-state index in [0.29, 0.717) is 22.3 Å². The zero-order chi connectivity index (χ0) is 23.0. The normalized spacial score (nSPS) is 10.5. The maximum Gasteiger partial charge on any atom is 0.261 e. The van der Waals surface area contributed by atoms with Crippen LogP contribution in [0.3, 0.4) is 0 Å². The molecule has 1 heterocycles. The Morgan fingerprint density at radius 2 is 1.55 bits per heavy atom. The van der Waals surface area contributed by atoms with Crippen LogP contribution >= 0.6 is 0 Å². The predicted molar refractivity (Wildman–Crippen MR) is 125 cm³/mol. The van der Waals surface area contributed by atoms with E-state index in [1.807, 2.05) is 30.3 Å². The third kappa shape index (κ3) is 5.82. The Kier molecular flexibility index (Phi) is 6.75. The molecule has 0 fully saturated rings. The zero-order valence-electron chi connectivity index (χ0n) is 17.7. The number of amides is 2. The zero-order valence-corrected chi connectivity index (χ0v) is 17.7. The Morgan fingerprint density at radius 3 is 2.33 bits per heavy atom. The summed E-state index contributed by atoms with van der Waals surface area (Å²) in [6.45, 7) is -0.0171. The van der Waals surface area contributed by atoms with Gasteiger partial charge in [-0.05, 0) is 48.5 Å². The summed E-state index contributed by atoms with van der Waals surface area (Å²) in [5, 5.41) is 5.88. The maximum absolute atomic E-state index is 12.4. The molecule has 4 rings (SSSR count). The largest absolute Gasteiger partial charge is 0.457 e. The topological polar surface area (TPSA) is 102 Å². The lowest BCUT2D eigenvalue weighted by Gasteiger charge is -2.09. The molecule has 0 saturated heterocycles. The molecule has 166 valence electrons. The van der Waals surface area contributed by atoms with E-state index < -0.39 is 0 Å². The first-order valence-electron chi connectivity index (χ1n) is 10.4. The summed E-state index contributed by atoms with van der Waals surface area (Å²) in [6, 6.07) is 23.4. The third-order valence-corrected chi connectivity index (χ3v) is 4.84. The van der Waals surface area contributed by atoms with Gasteiger partial charge < -0.3 is 15.4 Å². The fourth-order valence-electron chi connectivity index (χ4n) is 3.20. The number of hydrogen-bond donors (Lipinski definition) is 2. The summed E-state index contributed by atoms with van der Waals surface area (Å²) in [5.41, 5.74) is 0.921. The van der Waals surface area contributed by atoms with E-state index in [0.717, 1.165) is 5.75 Å². The van der Waals surface area contributed by atoms with Gasteiger partial charge in [0.25, 0.3) is 5.56 Å². The van der Waals surface area contributed by atoms with Crippen molar-refractivity contribution in [2.75, 3.05) is 11.9 Å². The summed E-state index contributed by atoms with van der Waals surface area (Å²) in [7, 11) is 0. The van der Waals surface area contributed by atoms with E-state index in [2.05, 4.69) is 15.6 Å². The molecule has 0 spiro atoms. The number of aromatic nitrogens is 2. The summed E-state index contributed by atoms with van der Waals surface area (Å²) in [5.74, 6) is 0.776. The number of fused-ring (bicyclic) bond motifs is 1. The molecule has 0 bridgehead atoms. The molecule has 0 aliphatic rings. The van der Waals surface area contributed by atoms with Crippen molar-refractivity contribution in [3.8, 4) is 11.5 Å². The SMILES string of the molecule is O=C(Cn1cnc2ccccc2c1=O)NCCC(=O)Nc1ccc(Oc2ccccc2)cc1. The Bertz CT molecular complexity index is 1320. The van der Waals surface area contributed by atoms with Crippen LogP contribution in [0.5, 0.6) is 11.5 Å². The molecule has 0 aliphatic carbocycles. The molecule has 8 heteroatoms. The van der Waals surface area contributed by atoms with E-state index in [4.69, 9.17) is 4.74 Å². The molecular formula is C25H22N4O4. The van der Waals surface area contributed by atoms with Crippen molar-refractivity contribution in [1.82, 2.24) is 14.9 Å². The minimum absolute atomic E-state index is 0.0961. The van der Waals surface area contributed by atoms with Crippen molar-refractivity contribution in [3.05, 3.63) is 95.5 Å². The molecule has 2 N–H and O–H groups in total. The van der Waals surface area contributed by atoms with Gasteiger partial charge in [0, 0.05) is 18.7 Å². The number of carbonyl (C=O) groups excluding carboxylic acids is 2. The molecule has 0 atom stereocenters. The number of anilines is 1. The van der Waals surface area contributed by atoms with Crippen molar-refractivity contribution >= 4 is 28.4 Å². The van der Waals surface area contributed by atoms with Crippen LogP contribution in [-0.2, 0) is 16.1 Å². The maximum atomic E-state index is 12.4. The number of rotatable bonds is 8. The highest BCUT2D eigenvalue weighted by Gasteiger charge is 2.09. The molecule has 3 aromatic carbocycles. The van der Waals surface area contributed by atoms with E-state index >= 15 is 0 Å². The first-order chi connectivity index (χ1) is 16.1. The van der Waals surface area contributed by atoms with E-state index in [9.17, 15) is 14.4 Å². The Morgan fingerprint density at radius 1 is 0.848 bits per heavy atom. The third-order valence-electron chi connectivity index (χ3n) is 4.84. The van der Waals surface area contributed by atoms with Gasteiger partial charge in [-0.25, -0.2) is 4.98 Å². The minimum atomic E-state index is -0.371. The molecule has 0 radical (unpaired) electrons. The average Bonchev–Trinajstić information content (AvgIpc) is 2.83. The fourth-order valence-corrected chi connectivity index (χ4v) is 3.20. The fraction of sp³-hybridized carbons (Fsp3) is 0.120. The lowest BCUT2D eigenvalue weighted by molar-refractivity contribution is -0.121. The van der Waals surface area contributed by atoms with E-state index in [1.54, 1.807) is 48.5 Å². The average molecular weight is 442 g/mol. The molecule has 0 saturated carbocycles. The molecular weight excluding hydrogens is 420 g/mol.